The molecule has 0 bridgehead atoms. The molecule has 0 aromatic rings. The predicted molar refractivity (Wildman–Crippen MR) is 48.3 cm³/mol. The van der Waals surface area contributed by atoms with Crippen LogP contribution in [0.5, 0.6) is 0 Å². The first-order chi connectivity index (χ1) is 5.77. The SMILES string of the molecule is N=C(N)NCC1=C[C@H]2CN=C[C@@H]12. The summed E-state index contributed by atoms with van der Waals surface area (Å²) in [4.78, 5) is 4.20. The first-order valence-electron chi connectivity index (χ1n) is 4.06. The van der Waals surface area contributed by atoms with Crippen molar-refractivity contribution in [3.63, 3.8) is 0 Å². The van der Waals surface area contributed by atoms with Gasteiger partial charge in [-0.3, -0.25) is 10.4 Å². The van der Waals surface area contributed by atoms with Gasteiger partial charge in [-0.1, -0.05) is 6.08 Å². The first kappa shape index (κ1) is 7.34. The molecule has 0 unspecified atom stereocenters. The van der Waals surface area contributed by atoms with Crippen LogP contribution in [0.4, 0.5) is 0 Å². The van der Waals surface area contributed by atoms with E-state index in [0.29, 0.717) is 18.4 Å². The van der Waals surface area contributed by atoms with E-state index in [4.69, 9.17) is 11.1 Å². The van der Waals surface area contributed by atoms with Crippen LogP contribution in [0.3, 0.4) is 0 Å². The largest absolute Gasteiger partial charge is 0.370 e. The van der Waals surface area contributed by atoms with Crippen LogP contribution in [-0.4, -0.2) is 25.3 Å². The van der Waals surface area contributed by atoms with Gasteiger partial charge in [-0.05, 0) is 5.57 Å². The van der Waals surface area contributed by atoms with Crippen molar-refractivity contribution in [1.29, 1.82) is 5.41 Å². The molecular weight excluding hydrogens is 152 g/mol. The van der Waals surface area contributed by atoms with E-state index in [2.05, 4.69) is 16.4 Å². The second-order valence-electron chi connectivity index (χ2n) is 3.21. The van der Waals surface area contributed by atoms with Gasteiger partial charge < -0.3 is 11.1 Å². The van der Waals surface area contributed by atoms with Gasteiger partial charge in [-0.2, -0.15) is 0 Å². The fraction of sp³-hybridized carbons (Fsp3) is 0.500. The molecule has 2 rings (SSSR count). The lowest BCUT2D eigenvalue weighted by molar-refractivity contribution is 0.533. The summed E-state index contributed by atoms with van der Waals surface area (Å²) < 4.78 is 0. The zero-order valence-electron chi connectivity index (χ0n) is 6.75. The molecule has 12 heavy (non-hydrogen) atoms. The summed E-state index contributed by atoms with van der Waals surface area (Å²) in [5.74, 6) is 1.19. The molecule has 4 N–H and O–H groups in total. The molecule has 4 heteroatoms. The van der Waals surface area contributed by atoms with Crippen LogP contribution in [0.25, 0.3) is 0 Å². The van der Waals surface area contributed by atoms with Gasteiger partial charge in [0.25, 0.3) is 0 Å². The molecule has 1 aliphatic carbocycles. The van der Waals surface area contributed by atoms with Crippen LogP contribution in [0.2, 0.25) is 0 Å². The Hall–Kier alpha value is -1.32. The minimum Gasteiger partial charge on any atom is -0.370 e. The zero-order valence-corrected chi connectivity index (χ0v) is 6.75. The molecule has 2 aliphatic rings. The number of rotatable bonds is 2. The van der Waals surface area contributed by atoms with E-state index in [0.717, 1.165) is 6.54 Å². The van der Waals surface area contributed by atoms with Crippen LogP contribution in [0.1, 0.15) is 0 Å². The summed E-state index contributed by atoms with van der Waals surface area (Å²) in [7, 11) is 0. The molecule has 0 aromatic heterocycles. The van der Waals surface area contributed by atoms with Crippen molar-refractivity contribution in [3.05, 3.63) is 11.6 Å². The molecule has 0 saturated heterocycles. The third-order valence-electron chi connectivity index (χ3n) is 2.38. The van der Waals surface area contributed by atoms with E-state index in [-0.39, 0.29) is 5.96 Å². The highest BCUT2D eigenvalue weighted by Crippen LogP contribution is 2.35. The summed E-state index contributed by atoms with van der Waals surface area (Å²) in [6, 6.07) is 0. The van der Waals surface area contributed by atoms with Gasteiger partial charge >= 0.3 is 0 Å². The summed E-state index contributed by atoms with van der Waals surface area (Å²) in [6.45, 7) is 1.64. The van der Waals surface area contributed by atoms with Crippen molar-refractivity contribution >= 4 is 12.2 Å². The average Bonchev–Trinajstić information content (AvgIpc) is 2.32. The minimum absolute atomic E-state index is 0.0364. The lowest BCUT2D eigenvalue weighted by Crippen LogP contribution is -2.37. The highest BCUT2D eigenvalue weighted by atomic mass is 15.0. The monoisotopic (exact) mass is 164 g/mol. The van der Waals surface area contributed by atoms with Crippen molar-refractivity contribution < 1.29 is 0 Å². The van der Waals surface area contributed by atoms with Crippen molar-refractivity contribution in [2.24, 2.45) is 22.6 Å². The van der Waals surface area contributed by atoms with E-state index in [1.165, 1.54) is 5.57 Å². The number of nitrogens with zero attached hydrogens (tertiary/aromatic N) is 1. The highest BCUT2D eigenvalue weighted by molar-refractivity contribution is 5.76. The molecule has 0 fully saturated rings. The number of hydrogen-bond acceptors (Lipinski definition) is 2. The molecule has 0 amide bonds. The van der Waals surface area contributed by atoms with Gasteiger partial charge in [0.05, 0.1) is 0 Å². The number of fused-ring (bicyclic) bond motifs is 1. The predicted octanol–water partition coefficient (Wildman–Crippen LogP) is -0.274. The third kappa shape index (κ3) is 1.09. The van der Waals surface area contributed by atoms with Crippen molar-refractivity contribution in [2.75, 3.05) is 13.1 Å². The maximum Gasteiger partial charge on any atom is 0.185 e. The molecule has 2 atom stereocenters. The van der Waals surface area contributed by atoms with Crippen LogP contribution >= 0.6 is 0 Å². The van der Waals surface area contributed by atoms with Crippen molar-refractivity contribution in [2.45, 2.75) is 0 Å². The molecular formula is C8H12N4. The van der Waals surface area contributed by atoms with Gasteiger partial charge in [-0.15, -0.1) is 0 Å². The van der Waals surface area contributed by atoms with Crippen LogP contribution in [0.15, 0.2) is 16.6 Å². The van der Waals surface area contributed by atoms with E-state index >= 15 is 0 Å². The molecule has 0 aromatic carbocycles. The van der Waals surface area contributed by atoms with Gasteiger partial charge in [0, 0.05) is 31.1 Å². The van der Waals surface area contributed by atoms with Crippen LogP contribution in [-0.2, 0) is 0 Å². The van der Waals surface area contributed by atoms with Crippen LogP contribution < -0.4 is 11.1 Å². The molecule has 0 spiro atoms. The molecule has 1 heterocycles. The third-order valence-corrected chi connectivity index (χ3v) is 2.38. The number of hydrogen-bond donors (Lipinski definition) is 3. The minimum atomic E-state index is 0.0364. The van der Waals surface area contributed by atoms with Gasteiger partial charge in [0.15, 0.2) is 5.96 Å². The van der Waals surface area contributed by atoms with Gasteiger partial charge in [0.2, 0.25) is 0 Å². The summed E-state index contributed by atoms with van der Waals surface area (Å²) in [6.07, 6.45) is 4.22. The quantitative estimate of drug-likeness (QED) is 0.298. The van der Waals surface area contributed by atoms with Crippen molar-refractivity contribution in [3.8, 4) is 0 Å². The van der Waals surface area contributed by atoms with Crippen LogP contribution in [0, 0.1) is 17.2 Å². The molecule has 0 saturated carbocycles. The Morgan fingerprint density at radius 3 is 3.33 bits per heavy atom. The van der Waals surface area contributed by atoms with E-state index in [1.807, 2.05) is 6.21 Å². The highest BCUT2D eigenvalue weighted by Gasteiger charge is 2.33. The lowest BCUT2D eigenvalue weighted by Gasteiger charge is -2.28. The second-order valence-corrected chi connectivity index (χ2v) is 3.21. The Balaban J connectivity index is 1.87. The first-order valence-corrected chi connectivity index (χ1v) is 4.06. The number of aliphatic imine (C=N–C) groups is 1. The standard InChI is InChI=1S/C8H12N4/c9-8(10)12-3-6-1-5-2-11-4-7(5)6/h1,4-5,7H,2-3H2,(H4,9,10,12)/t5-,7+/m0/s1. The number of nitrogens with two attached hydrogens (primary N) is 1. The number of guanidine groups is 1. The van der Waals surface area contributed by atoms with Gasteiger partial charge in [-0.25, -0.2) is 0 Å². The lowest BCUT2D eigenvalue weighted by atomic mass is 9.77. The molecule has 4 nitrogen and oxygen atoms in total. The maximum atomic E-state index is 6.98. The normalized spacial score (nSPS) is 30.5. The summed E-state index contributed by atoms with van der Waals surface area (Å²) >= 11 is 0. The Morgan fingerprint density at radius 2 is 2.67 bits per heavy atom. The smallest absolute Gasteiger partial charge is 0.185 e. The zero-order chi connectivity index (χ0) is 8.55. The Kier molecular flexibility index (Phi) is 1.60. The Morgan fingerprint density at radius 1 is 1.83 bits per heavy atom. The Labute approximate surface area is 71.1 Å². The topological polar surface area (TPSA) is 74.3 Å². The van der Waals surface area contributed by atoms with Crippen molar-refractivity contribution in [1.82, 2.24) is 5.32 Å². The second kappa shape index (κ2) is 2.62. The molecule has 64 valence electrons. The Bertz CT molecular complexity index is 266. The molecule has 1 aliphatic heterocycles. The van der Waals surface area contributed by atoms with Gasteiger partial charge in [0.1, 0.15) is 0 Å². The fourth-order valence-electron chi connectivity index (χ4n) is 1.69. The van der Waals surface area contributed by atoms with E-state index in [9.17, 15) is 0 Å². The fourth-order valence-corrected chi connectivity index (χ4v) is 1.69. The molecule has 0 radical (unpaired) electrons. The van der Waals surface area contributed by atoms with E-state index in [1.54, 1.807) is 0 Å². The maximum absolute atomic E-state index is 6.98. The summed E-state index contributed by atoms with van der Waals surface area (Å²) in [5, 5.41) is 9.77. The number of nitrogens with one attached hydrogen (secondary N) is 2. The average molecular weight is 164 g/mol. The summed E-state index contributed by atoms with van der Waals surface area (Å²) in [5.41, 5.74) is 6.48. The van der Waals surface area contributed by atoms with E-state index < -0.39 is 0 Å².